The minimum Gasteiger partial charge on any atom is -0.313 e. The second-order valence-corrected chi connectivity index (χ2v) is 6.57. The maximum atomic E-state index is 3.81. The van der Waals surface area contributed by atoms with Crippen molar-refractivity contribution in [2.24, 2.45) is 5.92 Å². The van der Waals surface area contributed by atoms with Crippen LogP contribution in [-0.4, -0.2) is 37.1 Å². The molecule has 2 heteroatoms. The lowest BCUT2D eigenvalue weighted by atomic mass is 9.77. The number of benzene rings is 1. The Bertz CT molecular complexity index is 435. The van der Waals surface area contributed by atoms with Crippen molar-refractivity contribution >= 4 is 0 Å². The normalized spacial score (nSPS) is 25.0. The quantitative estimate of drug-likeness (QED) is 0.886. The molecule has 20 heavy (non-hydrogen) atoms. The zero-order valence-corrected chi connectivity index (χ0v) is 12.9. The molecule has 2 aliphatic rings. The summed E-state index contributed by atoms with van der Waals surface area (Å²) in [5.41, 5.74) is 3.14. The highest BCUT2D eigenvalue weighted by Gasteiger charge is 2.27. The number of rotatable bonds is 5. The third-order valence-corrected chi connectivity index (χ3v) is 5.43. The predicted molar refractivity (Wildman–Crippen MR) is 85.2 cm³/mol. The number of likely N-dealkylation sites (tertiary alicyclic amines) is 1. The molecule has 1 aliphatic heterocycles. The minimum absolute atomic E-state index is 0.668. The van der Waals surface area contributed by atoms with Crippen molar-refractivity contribution in [3.05, 3.63) is 35.4 Å². The maximum Gasteiger partial charge on any atom is 0.00681 e. The fourth-order valence-electron chi connectivity index (χ4n) is 3.81. The van der Waals surface area contributed by atoms with Crippen molar-refractivity contribution in [2.75, 3.05) is 26.2 Å². The van der Waals surface area contributed by atoms with Gasteiger partial charge < -0.3 is 10.2 Å². The average Bonchev–Trinajstić information content (AvgIpc) is 2.48. The summed E-state index contributed by atoms with van der Waals surface area (Å²) < 4.78 is 0. The molecular weight excluding hydrogens is 244 g/mol. The van der Waals surface area contributed by atoms with Crippen LogP contribution in [0, 0.1) is 5.92 Å². The van der Waals surface area contributed by atoms with E-state index in [9.17, 15) is 0 Å². The van der Waals surface area contributed by atoms with Gasteiger partial charge in [-0.15, -0.1) is 0 Å². The van der Waals surface area contributed by atoms with Crippen molar-refractivity contribution in [3.8, 4) is 0 Å². The number of piperidine rings is 1. The highest BCUT2D eigenvalue weighted by atomic mass is 15.1. The van der Waals surface area contributed by atoms with E-state index in [0.29, 0.717) is 6.04 Å². The lowest BCUT2D eigenvalue weighted by Gasteiger charge is -2.36. The van der Waals surface area contributed by atoms with Gasteiger partial charge in [0.2, 0.25) is 0 Å². The molecule has 0 radical (unpaired) electrons. The Morgan fingerprint density at radius 2 is 2.00 bits per heavy atom. The molecule has 1 saturated heterocycles. The first-order valence-corrected chi connectivity index (χ1v) is 8.31. The number of nitrogens with zero attached hydrogens (tertiary/aromatic N) is 1. The Kier molecular flexibility index (Phi) is 4.42. The molecule has 0 aromatic heterocycles. The predicted octanol–water partition coefficient (Wildman–Crippen LogP) is 3.04. The molecule has 0 spiro atoms. The summed E-state index contributed by atoms with van der Waals surface area (Å²) in [6.45, 7) is 9.62. The minimum atomic E-state index is 0.668. The smallest absolute Gasteiger partial charge is 0.00681 e. The Morgan fingerprint density at radius 3 is 2.70 bits per heavy atom. The van der Waals surface area contributed by atoms with Crippen LogP contribution in [0.3, 0.4) is 0 Å². The molecule has 1 aliphatic carbocycles. The molecule has 1 aromatic rings. The van der Waals surface area contributed by atoms with Crippen molar-refractivity contribution in [1.29, 1.82) is 0 Å². The molecule has 0 bridgehead atoms. The lowest BCUT2D eigenvalue weighted by Crippen LogP contribution is -2.43. The summed E-state index contributed by atoms with van der Waals surface area (Å²) in [5.74, 6) is 1.62. The van der Waals surface area contributed by atoms with Gasteiger partial charge in [0.05, 0.1) is 0 Å². The molecule has 1 aromatic carbocycles. The summed E-state index contributed by atoms with van der Waals surface area (Å²) in [5, 5.41) is 3.81. The molecule has 2 atom stereocenters. The number of nitrogens with one attached hydrogen (secondary N) is 1. The number of hydrogen-bond donors (Lipinski definition) is 1. The van der Waals surface area contributed by atoms with E-state index in [-0.39, 0.29) is 0 Å². The van der Waals surface area contributed by atoms with E-state index in [4.69, 9.17) is 0 Å². The zero-order chi connectivity index (χ0) is 13.9. The van der Waals surface area contributed by atoms with Crippen LogP contribution in [0.1, 0.15) is 43.7 Å². The van der Waals surface area contributed by atoms with Gasteiger partial charge in [0.15, 0.2) is 0 Å². The molecule has 1 heterocycles. The highest BCUT2D eigenvalue weighted by molar-refractivity contribution is 5.40. The van der Waals surface area contributed by atoms with Crippen LogP contribution in [-0.2, 0) is 6.42 Å². The van der Waals surface area contributed by atoms with E-state index in [2.05, 4.69) is 48.3 Å². The number of fused-ring (bicyclic) bond motifs is 1. The summed E-state index contributed by atoms with van der Waals surface area (Å²) in [6.07, 6.45) is 4.00. The SMILES string of the molecule is CCN1CCC(C(C)NCC2Cc3ccccc32)CC1. The Labute approximate surface area is 123 Å². The molecule has 0 saturated carbocycles. The molecule has 0 amide bonds. The standard InChI is InChI=1S/C18H28N2/c1-3-20-10-8-15(9-11-20)14(2)19-13-17-12-16-6-4-5-7-18(16)17/h4-7,14-15,17,19H,3,8-13H2,1-2H3. The van der Waals surface area contributed by atoms with Crippen LogP contribution < -0.4 is 5.32 Å². The van der Waals surface area contributed by atoms with E-state index in [1.807, 2.05) is 0 Å². The Balaban J connectivity index is 1.43. The third kappa shape index (κ3) is 2.91. The van der Waals surface area contributed by atoms with Gasteiger partial charge in [0, 0.05) is 18.5 Å². The summed E-state index contributed by atoms with van der Waals surface area (Å²) in [6, 6.07) is 9.58. The van der Waals surface area contributed by atoms with Crippen LogP contribution in [0.2, 0.25) is 0 Å². The van der Waals surface area contributed by atoms with Crippen molar-refractivity contribution < 1.29 is 0 Å². The van der Waals surface area contributed by atoms with Crippen LogP contribution in [0.5, 0.6) is 0 Å². The second kappa shape index (κ2) is 6.28. The first-order chi connectivity index (χ1) is 9.78. The van der Waals surface area contributed by atoms with Gasteiger partial charge in [-0.05, 0) is 62.9 Å². The van der Waals surface area contributed by atoms with Gasteiger partial charge >= 0.3 is 0 Å². The summed E-state index contributed by atoms with van der Waals surface area (Å²) in [7, 11) is 0. The molecule has 2 unspecified atom stereocenters. The molecule has 3 rings (SSSR count). The Hall–Kier alpha value is -0.860. The van der Waals surface area contributed by atoms with Crippen molar-refractivity contribution in [3.63, 3.8) is 0 Å². The third-order valence-electron chi connectivity index (χ3n) is 5.43. The van der Waals surface area contributed by atoms with E-state index in [1.165, 1.54) is 38.9 Å². The highest BCUT2D eigenvalue weighted by Crippen LogP contribution is 2.34. The van der Waals surface area contributed by atoms with Crippen LogP contribution in [0.15, 0.2) is 24.3 Å². The monoisotopic (exact) mass is 272 g/mol. The summed E-state index contributed by atoms with van der Waals surface area (Å²) >= 11 is 0. The zero-order valence-electron chi connectivity index (χ0n) is 12.9. The van der Waals surface area contributed by atoms with Gasteiger partial charge in [-0.1, -0.05) is 31.2 Å². The van der Waals surface area contributed by atoms with E-state index >= 15 is 0 Å². The molecule has 1 fully saturated rings. The van der Waals surface area contributed by atoms with Gasteiger partial charge in [-0.3, -0.25) is 0 Å². The van der Waals surface area contributed by atoms with E-state index in [0.717, 1.165) is 18.4 Å². The van der Waals surface area contributed by atoms with Gasteiger partial charge in [0.25, 0.3) is 0 Å². The fraction of sp³-hybridized carbons (Fsp3) is 0.667. The van der Waals surface area contributed by atoms with Gasteiger partial charge in [-0.2, -0.15) is 0 Å². The first kappa shape index (κ1) is 14.1. The topological polar surface area (TPSA) is 15.3 Å². The average molecular weight is 272 g/mol. The molecule has 110 valence electrons. The second-order valence-electron chi connectivity index (χ2n) is 6.57. The maximum absolute atomic E-state index is 3.81. The fourth-order valence-corrected chi connectivity index (χ4v) is 3.81. The van der Waals surface area contributed by atoms with Crippen LogP contribution >= 0.6 is 0 Å². The van der Waals surface area contributed by atoms with Crippen LogP contribution in [0.25, 0.3) is 0 Å². The summed E-state index contributed by atoms with van der Waals surface area (Å²) in [4.78, 5) is 2.57. The molecule has 1 N–H and O–H groups in total. The molecular formula is C18H28N2. The van der Waals surface area contributed by atoms with Gasteiger partial charge in [0.1, 0.15) is 0 Å². The van der Waals surface area contributed by atoms with E-state index in [1.54, 1.807) is 11.1 Å². The van der Waals surface area contributed by atoms with Crippen molar-refractivity contribution in [1.82, 2.24) is 10.2 Å². The number of hydrogen-bond acceptors (Lipinski definition) is 2. The largest absolute Gasteiger partial charge is 0.313 e. The van der Waals surface area contributed by atoms with E-state index < -0.39 is 0 Å². The Morgan fingerprint density at radius 1 is 1.25 bits per heavy atom. The lowest BCUT2D eigenvalue weighted by molar-refractivity contribution is 0.168. The molecule has 2 nitrogen and oxygen atoms in total. The first-order valence-electron chi connectivity index (χ1n) is 8.31. The van der Waals surface area contributed by atoms with Crippen molar-refractivity contribution in [2.45, 2.75) is 45.1 Å². The van der Waals surface area contributed by atoms with Crippen LogP contribution in [0.4, 0.5) is 0 Å². The van der Waals surface area contributed by atoms with Gasteiger partial charge in [-0.25, -0.2) is 0 Å².